The predicted molar refractivity (Wildman–Crippen MR) is 50.7 cm³/mol. The van der Waals surface area contributed by atoms with Crippen molar-refractivity contribution in [3.05, 3.63) is 0 Å². The summed E-state index contributed by atoms with van der Waals surface area (Å²) in [5, 5.41) is 7.71. The molecule has 0 aliphatic carbocycles. The molecule has 1 nitrogen and oxygen atoms in total. The van der Waals surface area contributed by atoms with Gasteiger partial charge in [0.15, 0.2) is 6.17 Å². The number of hydrogen-bond acceptors (Lipinski definition) is 1. The quantitative estimate of drug-likeness (QED) is 0.524. The van der Waals surface area contributed by atoms with E-state index in [1.165, 1.54) is 0 Å². The Morgan fingerprint density at radius 1 is 0.944 bits per heavy atom. The minimum atomic E-state index is -6.13. The van der Waals surface area contributed by atoms with E-state index in [1.54, 1.807) is 6.92 Å². The maximum atomic E-state index is 13.0. The van der Waals surface area contributed by atoms with Gasteiger partial charge in [-0.3, -0.25) is 0 Å². The molecule has 0 amide bonds. The molecule has 0 aliphatic heterocycles. The highest BCUT2D eigenvalue weighted by Gasteiger charge is 2.74. The summed E-state index contributed by atoms with van der Waals surface area (Å²) in [7, 11) is 0. The molecule has 0 saturated heterocycles. The zero-order valence-electron chi connectivity index (χ0n) is 9.71. The summed E-state index contributed by atoms with van der Waals surface area (Å²) in [6.45, 7) is 1.79. The van der Waals surface area contributed by atoms with Crippen LogP contribution in [0.5, 0.6) is 0 Å². The molecule has 8 heteroatoms. The molecular weight excluding hydrogens is 269 g/mol. The van der Waals surface area contributed by atoms with E-state index in [9.17, 15) is 30.7 Å². The van der Waals surface area contributed by atoms with E-state index in [2.05, 4.69) is 0 Å². The Balaban J connectivity index is 4.61. The van der Waals surface area contributed by atoms with Crippen LogP contribution >= 0.6 is 0 Å². The van der Waals surface area contributed by atoms with E-state index in [4.69, 9.17) is 5.11 Å². The Labute approximate surface area is 100.0 Å². The number of hydrogen-bond donors (Lipinski definition) is 1. The van der Waals surface area contributed by atoms with Gasteiger partial charge in [0.2, 0.25) is 0 Å². The van der Waals surface area contributed by atoms with Crippen LogP contribution in [-0.2, 0) is 0 Å². The number of alkyl halides is 7. The number of halogens is 7. The number of rotatable bonds is 8. The van der Waals surface area contributed by atoms with Crippen LogP contribution in [0.3, 0.4) is 0 Å². The Bertz CT molecular complexity index is 249. The van der Waals surface area contributed by atoms with Gasteiger partial charge in [-0.1, -0.05) is 32.6 Å². The van der Waals surface area contributed by atoms with Gasteiger partial charge in [0.1, 0.15) is 0 Å². The molecule has 0 aromatic carbocycles. The Morgan fingerprint density at radius 2 is 1.44 bits per heavy atom. The lowest BCUT2D eigenvalue weighted by Gasteiger charge is -2.31. The minimum absolute atomic E-state index is 0.113. The lowest BCUT2D eigenvalue weighted by Crippen LogP contribution is -2.58. The molecule has 0 bridgehead atoms. The van der Waals surface area contributed by atoms with Crippen LogP contribution < -0.4 is 0 Å². The molecule has 0 aromatic rings. The lowest BCUT2D eigenvalue weighted by molar-refractivity contribution is -0.393. The van der Waals surface area contributed by atoms with Gasteiger partial charge < -0.3 is 5.11 Å². The smallest absolute Gasteiger partial charge is 0.331 e. The molecule has 0 saturated carbocycles. The van der Waals surface area contributed by atoms with Crippen LogP contribution in [0.2, 0.25) is 0 Å². The summed E-state index contributed by atoms with van der Waals surface area (Å²) in [5.41, 5.74) is 0. The minimum Gasteiger partial charge on any atom is -0.331 e. The Kier molecular flexibility index (Phi) is 5.90. The maximum Gasteiger partial charge on any atom is 0.423 e. The average Bonchev–Trinajstić information content (AvgIpc) is 2.22. The molecular formula is C10H15F7O. The third kappa shape index (κ3) is 3.73. The number of unbranched alkanes of at least 4 members (excludes halogenated alkanes) is 3. The third-order valence-corrected chi connectivity index (χ3v) is 2.50. The summed E-state index contributed by atoms with van der Waals surface area (Å²) in [5.74, 6) is -11.7. The maximum absolute atomic E-state index is 13.0. The molecule has 0 radical (unpaired) electrons. The first-order chi connectivity index (χ1) is 7.98. The first-order valence-electron chi connectivity index (χ1n) is 5.48. The van der Waals surface area contributed by atoms with Crippen LogP contribution in [0, 0.1) is 0 Å². The highest BCUT2D eigenvalue weighted by molar-refractivity contribution is 4.95. The molecule has 0 aromatic heterocycles. The fourth-order valence-corrected chi connectivity index (χ4v) is 1.33. The fraction of sp³-hybridized carbons (Fsp3) is 1.00. The van der Waals surface area contributed by atoms with Gasteiger partial charge in [0.05, 0.1) is 0 Å². The predicted octanol–water partition coefficient (Wildman–Crippen LogP) is 4.15. The zero-order valence-corrected chi connectivity index (χ0v) is 9.71. The van der Waals surface area contributed by atoms with Crippen LogP contribution in [0.1, 0.15) is 39.0 Å². The topological polar surface area (TPSA) is 20.2 Å². The summed E-state index contributed by atoms with van der Waals surface area (Å²) < 4.78 is 87.6. The largest absolute Gasteiger partial charge is 0.423 e. The summed E-state index contributed by atoms with van der Waals surface area (Å²) in [6.07, 6.45) is -8.81. The van der Waals surface area contributed by atoms with Crippen molar-refractivity contribution in [1.29, 1.82) is 0 Å². The summed E-state index contributed by atoms with van der Waals surface area (Å²) in [6, 6.07) is 0. The molecule has 110 valence electrons. The van der Waals surface area contributed by atoms with Gasteiger partial charge in [-0.15, -0.1) is 0 Å². The number of aliphatic hydroxyl groups is 1. The molecule has 1 atom stereocenters. The van der Waals surface area contributed by atoms with Crippen LogP contribution in [0.15, 0.2) is 0 Å². The van der Waals surface area contributed by atoms with Gasteiger partial charge in [0, 0.05) is 0 Å². The second-order valence-corrected chi connectivity index (χ2v) is 4.06. The van der Waals surface area contributed by atoms with E-state index in [1.807, 2.05) is 0 Å². The molecule has 1 N–H and O–H groups in total. The van der Waals surface area contributed by atoms with Crippen molar-refractivity contribution in [1.82, 2.24) is 0 Å². The van der Waals surface area contributed by atoms with Crippen LogP contribution in [0.4, 0.5) is 30.7 Å². The Hall–Kier alpha value is -0.530. The molecule has 0 aliphatic rings. The zero-order chi connectivity index (χ0) is 14.6. The van der Waals surface area contributed by atoms with E-state index >= 15 is 0 Å². The van der Waals surface area contributed by atoms with E-state index in [0.29, 0.717) is 12.8 Å². The highest BCUT2D eigenvalue weighted by Crippen LogP contribution is 2.47. The second-order valence-electron chi connectivity index (χ2n) is 4.06. The molecule has 1 unspecified atom stereocenters. The van der Waals surface area contributed by atoms with Crippen molar-refractivity contribution >= 4 is 0 Å². The van der Waals surface area contributed by atoms with E-state index < -0.39 is 30.5 Å². The second kappa shape index (κ2) is 6.08. The van der Waals surface area contributed by atoms with Crippen LogP contribution in [-0.4, -0.2) is 29.2 Å². The molecule has 0 spiro atoms. The van der Waals surface area contributed by atoms with Gasteiger partial charge in [-0.05, 0) is 6.42 Å². The first-order valence-corrected chi connectivity index (χ1v) is 5.48. The average molecular weight is 284 g/mol. The van der Waals surface area contributed by atoms with Gasteiger partial charge in [-0.25, -0.2) is 4.39 Å². The van der Waals surface area contributed by atoms with Gasteiger partial charge in [-0.2, -0.15) is 26.3 Å². The van der Waals surface area contributed by atoms with Crippen molar-refractivity contribution in [2.75, 3.05) is 0 Å². The molecule has 0 fully saturated rings. The van der Waals surface area contributed by atoms with Crippen molar-refractivity contribution in [2.45, 2.75) is 63.2 Å². The summed E-state index contributed by atoms with van der Waals surface area (Å²) >= 11 is 0. The normalized spacial score (nSPS) is 15.8. The van der Waals surface area contributed by atoms with Crippen molar-refractivity contribution in [3.63, 3.8) is 0 Å². The van der Waals surface area contributed by atoms with Crippen molar-refractivity contribution < 1.29 is 35.8 Å². The first kappa shape index (κ1) is 17.5. The van der Waals surface area contributed by atoms with Gasteiger partial charge >= 0.3 is 18.0 Å². The van der Waals surface area contributed by atoms with Crippen molar-refractivity contribution in [3.8, 4) is 0 Å². The standard InChI is InChI=1S/C10H15F7O/c1-2-3-4-5-6-7(11)8(12,13)9(14,15)10(16,17)18/h7,18H,2-6H2,1H3. The van der Waals surface area contributed by atoms with E-state index in [-0.39, 0.29) is 6.42 Å². The van der Waals surface area contributed by atoms with Gasteiger partial charge in [0.25, 0.3) is 0 Å². The monoisotopic (exact) mass is 284 g/mol. The third-order valence-electron chi connectivity index (χ3n) is 2.50. The highest BCUT2D eigenvalue weighted by atomic mass is 19.4. The van der Waals surface area contributed by atoms with E-state index in [0.717, 1.165) is 6.42 Å². The lowest BCUT2D eigenvalue weighted by atomic mass is 10.00. The van der Waals surface area contributed by atoms with Crippen molar-refractivity contribution in [2.24, 2.45) is 0 Å². The molecule has 0 rings (SSSR count). The molecule has 0 heterocycles. The fourth-order valence-electron chi connectivity index (χ4n) is 1.33. The molecule has 18 heavy (non-hydrogen) atoms. The summed E-state index contributed by atoms with van der Waals surface area (Å²) in [4.78, 5) is 0. The van der Waals surface area contributed by atoms with Crippen LogP contribution in [0.25, 0.3) is 0 Å². The Morgan fingerprint density at radius 3 is 1.83 bits per heavy atom. The SMILES string of the molecule is CCCCCCC(F)C(F)(F)C(F)(F)C(O)(F)F.